The number of nitrogens with one attached hydrogen (secondary N) is 2. The number of hydrogen-bond acceptors (Lipinski definition) is 6. The van der Waals surface area contributed by atoms with E-state index in [4.69, 9.17) is 0 Å². The van der Waals surface area contributed by atoms with Gasteiger partial charge in [-0.2, -0.15) is 5.10 Å². The summed E-state index contributed by atoms with van der Waals surface area (Å²) in [6, 6.07) is 5.21. The Morgan fingerprint density at radius 2 is 2.05 bits per heavy atom. The van der Waals surface area contributed by atoms with Crippen LogP contribution >= 0.6 is 0 Å². The molecule has 1 aromatic carbocycles. The predicted molar refractivity (Wildman–Crippen MR) is 76.7 cm³/mol. The maximum absolute atomic E-state index is 12.3. The molecule has 0 atom stereocenters. The number of nitro groups is 1. The van der Waals surface area contributed by atoms with Crippen molar-refractivity contribution in [1.29, 1.82) is 0 Å². The van der Waals surface area contributed by atoms with E-state index in [9.17, 15) is 18.5 Å². The summed E-state index contributed by atoms with van der Waals surface area (Å²) < 4.78 is 28.2. The fraction of sp³-hybridized carbons (Fsp3) is 0.182. The number of nitro benzene ring substituents is 1. The molecule has 0 aliphatic heterocycles. The zero-order valence-corrected chi connectivity index (χ0v) is 12.1. The number of nitrogens with zero attached hydrogens (tertiary/aromatic N) is 3. The minimum absolute atomic E-state index is 0.0849. The highest BCUT2D eigenvalue weighted by Gasteiger charge is 2.26. The Balaban J connectivity index is 2.49. The minimum Gasteiger partial charge on any atom is -0.388 e. The van der Waals surface area contributed by atoms with Crippen LogP contribution in [-0.2, 0) is 17.1 Å². The smallest absolute Gasteiger partial charge is 0.290 e. The molecule has 0 aliphatic rings. The zero-order valence-electron chi connectivity index (χ0n) is 11.3. The van der Waals surface area contributed by atoms with Crippen LogP contribution in [0.3, 0.4) is 0 Å². The van der Waals surface area contributed by atoms with Gasteiger partial charge in [-0.05, 0) is 12.1 Å². The lowest BCUT2D eigenvalue weighted by molar-refractivity contribution is -0.387. The highest BCUT2D eigenvalue weighted by molar-refractivity contribution is 7.92. The van der Waals surface area contributed by atoms with Crippen molar-refractivity contribution < 1.29 is 13.3 Å². The Bertz CT molecular complexity index is 784. The number of anilines is 2. The van der Waals surface area contributed by atoms with Gasteiger partial charge in [-0.15, -0.1) is 0 Å². The molecule has 9 nitrogen and oxygen atoms in total. The van der Waals surface area contributed by atoms with Crippen molar-refractivity contribution in [2.75, 3.05) is 17.1 Å². The van der Waals surface area contributed by atoms with Gasteiger partial charge in [0.15, 0.2) is 10.7 Å². The van der Waals surface area contributed by atoms with Crippen LogP contribution in [0.25, 0.3) is 0 Å². The van der Waals surface area contributed by atoms with Gasteiger partial charge in [-0.1, -0.05) is 0 Å². The molecule has 1 aromatic heterocycles. The third-order valence-electron chi connectivity index (χ3n) is 2.69. The van der Waals surface area contributed by atoms with Crippen molar-refractivity contribution in [1.82, 2.24) is 9.78 Å². The van der Waals surface area contributed by atoms with Crippen LogP contribution in [0.4, 0.5) is 17.2 Å². The molecule has 0 bridgehead atoms. The Kier molecular flexibility index (Phi) is 3.80. The van der Waals surface area contributed by atoms with Gasteiger partial charge in [0.25, 0.3) is 15.7 Å². The summed E-state index contributed by atoms with van der Waals surface area (Å²) in [6.45, 7) is 0. The van der Waals surface area contributed by atoms with E-state index in [1.54, 1.807) is 20.3 Å². The summed E-state index contributed by atoms with van der Waals surface area (Å²) in [5.41, 5.74) is -0.0561. The van der Waals surface area contributed by atoms with Crippen molar-refractivity contribution >= 4 is 27.2 Å². The molecule has 0 radical (unpaired) electrons. The van der Waals surface area contributed by atoms with Gasteiger partial charge in [-0.25, -0.2) is 8.42 Å². The van der Waals surface area contributed by atoms with Gasteiger partial charge in [0, 0.05) is 38.1 Å². The highest BCUT2D eigenvalue weighted by Crippen LogP contribution is 2.28. The molecule has 21 heavy (non-hydrogen) atoms. The van der Waals surface area contributed by atoms with Gasteiger partial charge in [-0.3, -0.25) is 19.5 Å². The molecule has 2 rings (SSSR count). The predicted octanol–water partition coefficient (Wildman–Crippen LogP) is 1.17. The van der Waals surface area contributed by atoms with Gasteiger partial charge in [0.2, 0.25) is 0 Å². The van der Waals surface area contributed by atoms with E-state index in [-0.39, 0.29) is 5.82 Å². The van der Waals surface area contributed by atoms with Crippen LogP contribution in [0, 0.1) is 10.1 Å². The van der Waals surface area contributed by atoms with Crippen molar-refractivity contribution in [3.05, 3.63) is 40.6 Å². The van der Waals surface area contributed by atoms with Crippen molar-refractivity contribution in [2.24, 2.45) is 7.05 Å². The SMILES string of the molecule is CNc1ccc([N+](=O)[O-])c(S(=O)(=O)Nc2ccn(C)n2)c1. The van der Waals surface area contributed by atoms with Gasteiger partial charge in [0.1, 0.15) is 0 Å². The summed E-state index contributed by atoms with van der Waals surface area (Å²) in [7, 11) is -0.902. The van der Waals surface area contributed by atoms with Crippen LogP contribution < -0.4 is 10.0 Å². The number of benzene rings is 1. The van der Waals surface area contributed by atoms with Crippen LogP contribution in [0.15, 0.2) is 35.4 Å². The second-order valence-electron chi connectivity index (χ2n) is 4.17. The molecule has 0 unspecified atom stereocenters. The molecule has 10 heteroatoms. The molecule has 0 aliphatic carbocycles. The molecule has 0 spiro atoms. The summed E-state index contributed by atoms with van der Waals surface area (Å²) in [5.74, 6) is 0.0849. The average Bonchev–Trinajstić information content (AvgIpc) is 2.82. The van der Waals surface area contributed by atoms with Gasteiger partial charge < -0.3 is 5.32 Å². The Labute approximate surface area is 120 Å². The van der Waals surface area contributed by atoms with E-state index in [1.807, 2.05) is 0 Å². The standard InChI is InChI=1S/C11H13N5O4S/c1-12-8-3-4-9(16(17)18)10(7-8)21(19,20)14-11-5-6-15(2)13-11/h3-7,12H,1-2H3,(H,13,14). The molecule has 0 saturated heterocycles. The second-order valence-corrected chi connectivity index (χ2v) is 5.82. The lowest BCUT2D eigenvalue weighted by Crippen LogP contribution is -2.15. The summed E-state index contributed by atoms with van der Waals surface area (Å²) >= 11 is 0. The monoisotopic (exact) mass is 311 g/mol. The van der Waals surface area contributed by atoms with E-state index in [0.29, 0.717) is 5.69 Å². The molecule has 2 N–H and O–H groups in total. The van der Waals surface area contributed by atoms with Crippen molar-refractivity contribution in [2.45, 2.75) is 4.90 Å². The molecule has 2 aromatic rings. The number of rotatable bonds is 5. The van der Waals surface area contributed by atoms with Crippen LogP contribution in [0.5, 0.6) is 0 Å². The maximum atomic E-state index is 12.3. The minimum atomic E-state index is -4.12. The topological polar surface area (TPSA) is 119 Å². The van der Waals surface area contributed by atoms with Crippen molar-refractivity contribution in [3.8, 4) is 0 Å². The van der Waals surface area contributed by atoms with E-state index >= 15 is 0 Å². The van der Waals surface area contributed by atoms with E-state index < -0.39 is 25.5 Å². The zero-order chi connectivity index (χ0) is 15.6. The number of aryl methyl sites for hydroxylation is 1. The van der Waals surface area contributed by atoms with E-state index in [0.717, 1.165) is 6.07 Å². The molecular formula is C11H13N5O4S. The van der Waals surface area contributed by atoms with Gasteiger partial charge >= 0.3 is 0 Å². The summed E-state index contributed by atoms with van der Waals surface area (Å²) in [4.78, 5) is 9.83. The van der Waals surface area contributed by atoms with Crippen molar-refractivity contribution in [3.63, 3.8) is 0 Å². The first-order valence-electron chi connectivity index (χ1n) is 5.82. The molecule has 0 fully saturated rings. The first kappa shape index (κ1) is 14.8. The number of hydrogen-bond donors (Lipinski definition) is 2. The molecule has 0 saturated carbocycles. The normalized spacial score (nSPS) is 11.1. The number of aromatic nitrogens is 2. The van der Waals surface area contributed by atoms with E-state index in [1.165, 1.54) is 22.9 Å². The highest BCUT2D eigenvalue weighted by atomic mass is 32.2. The molecule has 112 valence electrons. The summed E-state index contributed by atoms with van der Waals surface area (Å²) in [6.07, 6.45) is 1.55. The average molecular weight is 311 g/mol. The van der Waals surface area contributed by atoms with Crippen LogP contribution in [-0.4, -0.2) is 30.2 Å². The largest absolute Gasteiger partial charge is 0.388 e. The number of sulfonamides is 1. The van der Waals surface area contributed by atoms with Crippen LogP contribution in [0.2, 0.25) is 0 Å². The van der Waals surface area contributed by atoms with Gasteiger partial charge in [0.05, 0.1) is 4.92 Å². The van der Waals surface area contributed by atoms with E-state index in [2.05, 4.69) is 15.1 Å². The summed E-state index contributed by atoms with van der Waals surface area (Å²) in [5, 5.41) is 17.6. The fourth-order valence-electron chi connectivity index (χ4n) is 1.70. The fourth-order valence-corrected chi connectivity index (χ4v) is 2.89. The maximum Gasteiger partial charge on any atom is 0.290 e. The molecule has 0 amide bonds. The lowest BCUT2D eigenvalue weighted by Gasteiger charge is -2.08. The Hall–Kier alpha value is -2.62. The third kappa shape index (κ3) is 3.11. The second kappa shape index (κ2) is 5.40. The first-order chi connectivity index (χ1) is 9.83. The quantitative estimate of drug-likeness (QED) is 0.632. The lowest BCUT2D eigenvalue weighted by atomic mass is 10.3. The molecule has 1 heterocycles. The van der Waals surface area contributed by atoms with Crippen LogP contribution in [0.1, 0.15) is 0 Å². The Morgan fingerprint density at radius 3 is 2.57 bits per heavy atom. The Morgan fingerprint density at radius 1 is 1.33 bits per heavy atom. The third-order valence-corrected chi connectivity index (χ3v) is 4.07. The first-order valence-corrected chi connectivity index (χ1v) is 7.30. The molecular weight excluding hydrogens is 298 g/mol.